The number of carbonyl (C=O) groups is 2. The Hall–Kier alpha value is -1.98. The lowest BCUT2D eigenvalue weighted by Gasteiger charge is -2.18. The van der Waals surface area contributed by atoms with Crippen molar-refractivity contribution in [3.05, 3.63) is 29.8 Å². The molecule has 3 fully saturated rings. The lowest BCUT2D eigenvalue weighted by Crippen LogP contribution is -2.35. The molecular weight excluding hydrogens is 278 g/mol. The van der Waals surface area contributed by atoms with Crippen LogP contribution in [0.2, 0.25) is 0 Å². The van der Waals surface area contributed by atoms with E-state index in [1.54, 1.807) is 4.90 Å². The van der Waals surface area contributed by atoms with Crippen LogP contribution in [0.1, 0.15) is 19.3 Å². The third-order valence-corrected chi connectivity index (χ3v) is 4.95. The summed E-state index contributed by atoms with van der Waals surface area (Å²) in [6.45, 7) is 0.569. The van der Waals surface area contributed by atoms with Gasteiger partial charge < -0.3 is 4.90 Å². The maximum atomic E-state index is 13.9. The molecule has 3 amide bonds. The maximum absolute atomic E-state index is 13.9. The summed E-state index contributed by atoms with van der Waals surface area (Å²) in [4.78, 5) is 27.4. The zero-order valence-electron chi connectivity index (χ0n) is 11.3. The SMILES string of the molecule is O=C1C2C3CCCC3CN2C(=O)N1c1ccc(F)cc1F. The fourth-order valence-corrected chi connectivity index (χ4v) is 4.06. The number of halogens is 2. The van der Waals surface area contributed by atoms with Gasteiger partial charge in [-0.2, -0.15) is 0 Å². The van der Waals surface area contributed by atoms with Gasteiger partial charge in [0.15, 0.2) is 0 Å². The molecule has 110 valence electrons. The fraction of sp³-hybridized carbons (Fsp3) is 0.467. The topological polar surface area (TPSA) is 40.6 Å². The van der Waals surface area contributed by atoms with E-state index in [0.29, 0.717) is 18.5 Å². The Kier molecular flexibility index (Phi) is 2.58. The molecule has 2 heterocycles. The highest BCUT2D eigenvalue weighted by Crippen LogP contribution is 2.46. The quantitative estimate of drug-likeness (QED) is 0.746. The lowest BCUT2D eigenvalue weighted by atomic mass is 9.93. The first kappa shape index (κ1) is 12.7. The minimum Gasteiger partial charge on any atom is -0.311 e. The van der Waals surface area contributed by atoms with Crippen molar-refractivity contribution in [2.24, 2.45) is 11.8 Å². The van der Waals surface area contributed by atoms with E-state index in [0.717, 1.165) is 36.3 Å². The van der Waals surface area contributed by atoms with Gasteiger partial charge in [0.05, 0.1) is 5.69 Å². The average molecular weight is 292 g/mol. The Morgan fingerprint density at radius 3 is 2.71 bits per heavy atom. The predicted octanol–water partition coefficient (Wildman–Crippen LogP) is 2.53. The zero-order valence-corrected chi connectivity index (χ0v) is 11.3. The van der Waals surface area contributed by atoms with Crippen LogP contribution in [-0.2, 0) is 4.79 Å². The van der Waals surface area contributed by atoms with E-state index in [9.17, 15) is 18.4 Å². The van der Waals surface area contributed by atoms with Crippen molar-refractivity contribution in [3.8, 4) is 0 Å². The predicted molar refractivity (Wildman–Crippen MR) is 70.6 cm³/mol. The molecule has 6 heteroatoms. The van der Waals surface area contributed by atoms with Crippen molar-refractivity contribution in [1.82, 2.24) is 4.90 Å². The van der Waals surface area contributed by atoms with Gasteiger partial charge in [-0.1, -0.05) is 6.42 Å². The molecule has 3 unspecified atom stereocenters. The van der Waals surface area contributed by atoms with Crippen molar-refractivity contribution in [1.29, 1.82) is 0 Å². The number of hydrogen-bond acceptors (Lipinski definition) is 2. The van der Waals surface area contributed by atoms with Gasteiger partial charge >= 0.3 is 6.03 Å². The van der Waals surface area contributed by atoms with Crippen LogP contribution in [0.15, 0.2) is 18.2 Å². The average Bonchev–Trinajstić information content (AvgIpc) is 3.05. The number of amides is 3. The molecule has 2 aliphatic heterocycles. The van der Waals surface area contributed by atoms with Crippen LogP contribution in [0.4, 0.5) is 19.3 Å². The van der Waals surface area contributed by atoms with Crippen molar-refractivity contribution in [2.45, 2.75) is 25.3 Å². The van der Waals surface area contributed by atoms with Gasteiger partial charge in [-0.3, -0.25) is 4.79 Å². The molecule has 0 aromatic heterocycles. The second-order valence-corrected chi connectivity index (χ2v) is 6.00. The first-order chi connectivity index (χ1) is 10.1. The number of rotatable bonds is 1. The standard InChI is InChI=1S/C15H14F2N2O2/c16-9-4-5-12(11(17)6-9)19-14(20)13-10-3-1-2-8(10)7-18(13)15(19)21/h4-6,8,10,13H,1-3,7H2. The Morgan fingerprint density at radius 1 is 1.14 bits per heavy atom. The second-order valence-electron chi connectivity index (χ2n) is 6.00. The molecular formula is C15H14F2N2O2. The minimum atomic E-state index is -0.888. The fourth-order valence-electron chi connectivity index (χ4n) is 4.06. The number of nitrogens with zero attached hydrogens (tertiary/aromatic N) is 2. The monoisotopic (exact) mass is 292 g/mol. The summed E-state index contributed by atoms with van der Waals surface area (Å²) >= 11 is 0. The van der Waals surface area contributed by atoms with Gasteiger partial charge in [-0.15, -0.1) is 0 Å². The van der Waals surface area contributed by atoms with Crippen LogP contribution in [0.3, 0.4) is 0 Å². The molecule has 0 N–H and O–H groups in total. The molecule has 3 atom stereocenters. The molecule has 3 aliphatic rings. The summed E-state index contributed by atoms with van der Waals surface area (Å²) in [5.74, 6) is -1.41. The van der Waals surface area contributed by atoms with Gasteiger partial charge in [0, 0.05) is 12.6 Å². The first-order valence-electron chi connectivity index (χ1n) is 7.17. The maximum Gasteiger partial charge on any atom is 0.332 e. The number of anilines is 1. The summed E-state index contributed by atoms with van der Waals surface area (Å²) in [5, 5.41) is 0. The molecule has 2 saturated heterocycles. The number of hydrogen-bond donors (Lipinski definition) is 0. The van der Waals surface area contributed by atoms with E-state index in [2.05, 4.69) is 0 Å². The number of imide groups is 1. The summed E-state index contributed by atoms with van der Waals surface area (Å²) in [7, 11) is 0. The third kappa shape index (κ3) is 1.65. The molecule has 1 aliphatic carbocycles. The van der Waals surface area contributed by atoms with Crippen LogP contribution in [-0.4, -0.2) is 29.4 Å². The molecule has 4 nitrogen and oxygen atoms in total. The van der Waals surface area contributed by atoms with Crippen LogP contribution in [0, 0.1) is 23.5 Å². The Bertz CT molecular complexity index is 649. The van der Waals surface area contributed by atoms with Crippen molar-refractivity contribution in [3.63, 3.8) is 0 Å². The minimum absolute atomic E-state index is 0.157. The molecule has 1 aromatic rings. The number of fused-ring (bicyclic) bond motifs is 3. The molecule has 21 heavy (non-hydrogen) atoms. The third-order valence-electron chi connectivity index (χ3n) is 4.95. The normalized spacial score (nSPS) is 31.0. The molecule has 0 radical (unpaired) electrons. The smallest absolute Gasteiger partial charge is 0.311 e. The van der Waals surface area contributed by atoms with Crippen LogP contribution in [0.25, 0.3) is 0 Å². The second kappa shape index (κ2) is 4.26. The van der Waals surface area contributed by atoms with Gasteiger partial charge in [0.2, 0.25) is 0 Å². The van der Waals surface area contributed by atoms with E-state index in [1.807, 2.05) is 0 Å². The van der Waals surface area contributed by atoms with E-state index in [1.165, 1.54) is 0 Å². The molecule has 4 rings (SSSR count). The molecule has 0 bridgehead atoms. The van der Waals surface area contributed by atoms with Gasteiger partial charge in [0.25, 0.3) is 5.91 Å². The van der Waals surface area contributed by atoms with Crippen molar-refractivity contribution in [2.75, 3.05) is 11.4 Å². The molecule has 0 spiro atoms. The summed E-state index contributed by atoms with van der Waals surface area (Å²) in [5.41, 5.74) is -0.157. The van der Waals surface area contributed by atoms with E-state index >= 15 is 0 Å². The zero-order chi connectivity index (χ0) is 14.7. The van der Waals surface area contributed by atoms with E-state index in [4.69, 9.17) is 0 Å². The van der Waals surface area contributed by atoms with Crippen molar-refractivity contribution < 1.29 is 18.4 Å². The summed E-state index contributed by atoms with van der Waals surface area (Å²) in [6.07, 6.45) is 3.06. The molecule has 1 aromatic carbocycles. The summed E-state index contributed by atoms with van der Waals surface area (Å²) < 4.78 is 26.9. The Morgan fingerprint density at radius 2 is 1.95 bits per heavy atom. The number of urea groups is 1. The lowest BCUT2D eigenvalue weighted by molar-refractivity contribution is -0.120. The van der Waals surface area contributed by atoms with Crippen LogP contribution < -0.4 is 4.90 Å². The highest BCUT2D eigenvalue weighted by molar-refractivity contribution is 6.21. The van der Waals surface area contributed by atoms with Crippen molar-refractivity contribution >= 4 is 17.6 Å². The van der Waals surface area contributed by atoms with Gasteiger partial charge in [0.1, 0.15) is 17.7 Å². The Balaban J connectivity index is 1.72. The largest absolute Gasteiger partial charge is 0.332 e. The Labute approximate surface area is 120 Å². The van der Waals surface area contributed by atoms with E-state index < -0.39 is 23.7 Å². The first-order valence-corrected chi connectivity index (χ1v) is 7.17. The molecule has 1 saturated carbocycles. The summed E-state index contributed by atoms with van der Waals surface area (Å²) in [6, 6.07) is 1.95. The van der Waals surface area contributed by atoms with E-state index in [-0.39, 0.29) is 17.5 Å². The number of benzene rings is 1. The van der Waals surface area contributed by atoms with Gasteiger partial charge in [-0.25, -0.2) is 18.5 Å². The van der Waals surface area contributed by atoms with Crippen LogP contribution in [0.5, 0.6) is 0 Å². The number of carbonyl (C=O) groups excluding carboxylic acids is 2. The van der Waals surface area contributed by atoms with Crippen LogP contribution >= 0.6 is 0 Å². The highest BCUT2D eigenvalue weighted by atomic mass is 19.1. The highest BCUT2D eigenvalue weighted by Gasteiger charge is 2.57. The van der Waals surface area contributed by atoms with Gasteiger partial charge in [-0.05, 0) is 36.8 Å².